The van der Waals surface area contributed by atoms with Gasteiger partial charge >= 0.3 is 0 Å². The molecule has 170 valence electrons. The number of sulfonamides is 1. The van der Waals surface area contributed by atoms with Crippen LogP contribution in [0, 0.1) is 12.8 Å². The van der Waals surface area contributed by atoms with Crippen molar-refractivity contribution < 1.29 is 13.2 Å². The molecule has 7 nitrogen and oxygen atoms in total. The fraction of sp³-hybridized carbons (Fsp3) is 0.286. The van der Waals surface area contributed by atoms with Crippen LogP contribution in [0.1, 0.15) is 19.4 Å². The van der Waals surface area contributed by atoms with Crippen LogP contribution in [0.5, 0.6) is 0 Å². The van der Waals surface area contributed by atoms with Crippen LogP contribution in [-0.4, -0.2) is 36.8 Å². The Morgan fingerprint density at radius 1 is 1.12 bits per heavy atom. The number of aromatic nitrogens is 2. The number of nitrogens with one attached hydrogen (secondary N) is 1. The van der Waals surface area contributed by atoms with Crippen molar-refractivity contribution in [2.24, 2.45) is 5.92 Å². The van der Waals surface area contributed by atoms with Gasteiger partial charge in [-0.2, -0.15) is 0 Å². The van der Waals surface area contributed by atoms with E-state index in [9.17, 15) is 13.2 Å². The normalized spacial score (nSPS) is 11.5. The molecule has 32 heavy (non-hydrogen) atoms. The molecule has 3 aromatic rings. The Morgan fingerprint density at radius 3 is 2.41 bits per heavy atom. The van der Waals surface area contributed by atoms with Crippen LogP contribution >= 0.6 is 39.0 Å². The van der Waals surface area contributed by atoms with E-state index in [1.165, 1.54) is 23.5 Å². The fourth-order valence-corrected chi connectivity index (χ4v) is 6.04. The lowest BCUT2D eigenvalue weighted by Crippen LogP contribution is -2.38. The summed E-state index contributed by atoms with van der Waals surface area (Å²) in [6.07, 6.45) is 0. The van der Waals surface area contributed by atoms with E-state index in [-0.39, 0.29) is 4.90 Å². The van der Waals surface area contributed by atoms with Gasteiger partial charge in [-0.1, -0.05) is 70.6 Å². The standard InChI is InChI=1S/C21H23BrN4O3S3/c1-14(2)13-30-21-25-24-20(31-21)23-19(27)12-26(17-8-6-16(22)7-9-17)32(28,29)18-10-4-15(3)5-11-18/h4-11,14H,12-13H2,1-3H3,(H,23,24,27). The highest BCUT2D eigenvalue weighted by Crippen LogP contribution is 2.28. The third kappa shape index (κ3) is 6.53. The molecule has 0 aliphatic rings. The summed E-state index contributed by atoms with van der Waals surface area (Å²) in [5, 5.41) is 11.1. The third-order valence-corrected chi connectivity index (χ3v) is 8.92. The zero-order valence-corrected chi connectivity index (χ0v) is 21.8. The number of thioether (sulfide) groups is 1. The van der Waals surface area contributed by atoms with Gasteiger partial charge in [-0.15, -0.1) is 10.2 Å². The number of nitrogens with zero attached hydrogens (tertiary/aromatic N) is 3. The quantitative estimate of drug-likeness (QED) is 0.289. The van der Waals surface area contributed by atoms with Crippen LogP contribution in [-0.2, 0) is 14.8 Å². The number of carbonyl (C=O) groups is 1. The first-order valence-corrected chi connectivity index (χ1v) is 13.8. The highest BCUT2D eigenvalue weighted by molar-refractivity contribution is 9.10. The zero-order valence-electron chi connectivity index (χ0n) is 17.8. The van der Waals surface area contributed by atoms with Crippen molar-refractivity contribution in [2.45, 2.75) is 30.0 Å². The lowest BCUT2D eigenvalue weighted by molar-refractivity contribution is -0.114. The fourth-order valence-electron chi connectivity index (χ4n) is 2.61. The molecule has 0 saturated carbocycles. The van der Waals surface area contributed by atoms with Crippen LogP contribution < -0.4 is 9.62 Å². The largest absolute Gasteiger partial charge is 0.299 e. The van der Waals surface area contributed by atoms with Crippen molar-refractivity contribution in [3.05, 3.63) is 58.6 Å². The molecule has 0 aliphatic carbocycles. The summed E-state index contributed by atoms with van der Waals surface area (Å²) in [7, 11) is -3.96. The molecule has 2 aromatic carbocycles. The van der Waals surface area contributed by atoms with Crippen LogP contribution in [0.2, 0.25) is 0 Å². The molecular formula is C21H23BrN4O3S3. The summed E-state index contributed by atoms with van der Waals surface area (Å²) >= 11 is 6.20. The van der Waals surface area contributed by atoms with Gasteiger partial charge in [-0.25, -0.2) is 8.42 Å². The smallest absolute Gasteiger partial charge is 0.264 e. The Labute approximate surface area is 204 Å². The Bertz CT molecular complexity index is 1160. The van der Waals surface area contributed by atoms with Crippen LogP contribution in [0.25, 0.3) is 0 Å². The molecule has 1 aromatic heterocycles. The van der Waals surface area contributed by atoms with Gasteiger partial charge in [0, 0.05) is 10.2 Å². The SMILES string of the molecule is Cc1ccc(S(=O)(=O)N(CC(=O)Nc2nnc(SCC(C)C)s2)c2ccc(Br)cc2)cc1. The Morgan fingerprint density at radius 2 is 1.78 bits per heavy atom. The predicted molar refractivity (Wildman–Crippen MR) is 134 cm³/mol. The van der Waals surface area contributed by atoms with Gasteiger partial charge in [0.25, 0.3) is 10.0 Å². The van der Waals surface area contributed by atoms with Crippen molar-refractivity contribution >= 4 is 65.8 Å². The van der Waals surface area contributed by atoms with Crippen molar-refractivity contribution in [1.82, 2.24) is 10.2 Å². The molecule has 11 heteroatoms. The third-order valence-electron chi connectivity index (χ3n) is 4.20. The number of rotatable bonds is 9. The summed E-state index contributed by atoms with van der Waals surface area (Å²) in [5.74, 6) is 0.905. The maximum Gasteiger partial charge on any atom is 0.264 e. The molecule has 0 fully saturated rings. The summed E-state index contributed by atoms with van der Waals surface area (Å²) in [6.45, 7) is 5.71. The van der Waals surface area contributed by atoms with Gasteiger partial charge in [-0.3, -0.25) is 14.4 Å². The zero-order chi connectivity index (χ0) is 23.3. The number of anilines is 2. The van der Waals surface area contributed by atoms with E-state index in [1.807, 2.05) is 6.92 Å². The number of benzene rings is 2. The second-order valence-electron chi connectivity index (χ2n) is 7.43. The molecule has 0 bridgehead atoms. The van der Waals surface area contributed by atoms with Gasteiger partial charge in [0.1, 0.15) is 6.54 Å². The van der Waals surface area contributed by atoms with Crippen LogP contribution in [0.15, 0.2) is 62.2 Å². The summed E-state index contributed by atoms with van der Waals surface area (Å²) in [6, 6.07) is 13.3. The molecule has 1 N–H and O–H groups in total. The molecule has 1 amide bonds. The number of carbonyl (C=O) groups excluding carboxylic acids is 1. The van der Waals surface area contributed by atoms with Crippen molar-refractivity contribution in [3.8, 4) is 0 Å². The highest BCUT2D eigenvalue weighted by atomic mass is 79.9. The Balaban J connectivity index is 1.82. The second-order valence-corrected chi connectivity index (χ2v) is 12.4. The molecule has 0 unspecified atom stereocenters. The topological polar surface area (TPSA) is 92.3 Å². The summed E-state index contributed by atoms with van der Waals surface area (Å²) in [5.41, 5.74) is 1.33. The Kier molecular flexibility index (Phi) is 8.32. The van der Waals surface area contributed by atoms with Gasteiger partial charge in [0.2, 0.25) is 11.0 Å². The highest BCUT2D eigenvalue weighted by Gasteiger charge is 2.27. The minimum absolute atomic E-state index is 0.113. The van der Waals surface area contributed by atoms with Crippen molar-refractivity contribution in [2.75, 3.05) is 21.9 Å². The van der Waals surface area contributed by atoms with E-state index in [1.54, 1.807) is 48.2 Å². The summed E-state index contributed by atoms with van der Waals surface area (Å²) in [4.78, 5) is 12.9. The number of amides is 1. The molecule has 0 atom stereocenters. The number of aryl methyl sites for hydroxylation is 1. The molecule has 0 radical (unpaired) electrons. The van der Waals surface area contributed by atoms with E-state index in [0.29, 0.717) is 16.7 Å². The number of hydrogen-bond acceptors (Lipinski definition) is 7. The monoisotopic (exact) mass is 554 g/mol. The van der Waals surface area contributed by atoms with Crippen LogP contribution in [0.4, 0.5) is 10.8 Å². The maximum atomic E-state index is 13.4. The van der Waals surface area contributed by atoms with E-state index in [0.717, 1.165) is 24.4 Å². The molecule has 0 saturated heterocycles. The first-order valence-electron chi connectivity index (χ1n) is 9.76. The average molecular weight is 556 g/mol. The second kappa shape index (κ2) is 10.8. The maximum absolute atomic E-state index is 13.4. The van der Waals surface area contributed by atoms with Crippen molar-refractivity contribution in [1.29, 1.82) is 0 Å². The van der Waals surface area contributed by atoms with Gasteiger partial charge in [0.15, 0.2) is 4.34 Å². The van der Waals surface area contributed by atoms with Gasteiger partial charge in [-0.05, 0) is 49.2 Å². The first-order chi connectivity index (χ1) is 15.1. The summed E-state index contributed by atoms with van der Waals surface area (Å²) < 4.78 is 29.4. The number of hydrogen-bond donors (Lipinski definition) is 1. The molecule has 0 spiro atoms. The van der Waals surface area contributed by atoms with Crippen molar-refractivity contribution in [3.63, 3.8) is 0 Å². The van der Waals surface area contributed by atoms with E-state index >= 15 is 0 Å². The minimum atomic E-state index is -3.96. The average Bonchev–Trinajstić information content (AvgIpc) is 3.19. The molecule has 3 rings (SSSR count). The van der Waals surface area contributed by atoms with E-state index in [2.05, 4.69) is 45.3 Å². The predicted octanol–water partition coefficient (Wildman–Crippen LogP) is 5.19. The first kappa shape index (κ1) is 24.7. The lowest BCUT2D eigenvalue weighted by Gasteiger charge is -2.24. The lowest BCUT2D eigenvalue weighted by atomic mass is 10.2. The minimum Gasteiger partial charge on any atom is -0.299 e. The molecule has 1 heterocycles. The van der Waals surface area contributed by atoms with Crippen LogP contribution in [0.3, 0.4) is 0 Å². The van der Waals surface area contributed by atoms with E-state index in [4.69, 9.17) is 0 Å². The van der Waals surface area contributed by atoms with Gasteiger partial charge < -0.3 is 0 Å². The van der Waals surface area contributed by atoms with E-state index < -0.39 is 22.5 Å². The number of halogens is 1. The van der Waals surface area contributed by atoms with Gasteiger partial charge in [0.05, 0.1) is 10.6 Å². The molecule has 0 aliphatic heterocycles. The molecular weight excluding hydrogens is 532 g/mol. The Hall–Kier alpha value is -1.95.